The molecular weight excluding hydrogens is 242 g/mol. The van der Waals surface area contributed by atoms with Gasteiger partial charge in [0.05, 0.1) is 0 Å². The molecule has 4 heteroatoms. The molecule has 19 heavy (non-hydrogen) atoms. The first kappa shape index (κ1) is 15.2. The number of ether oxygens (including phenoxy) is 1. The van der Waals surface area contributed by atoms with Crippen molar-refractivity contribution in [3.8, 4) is 0 Å². The van der Waals surface area contributed by atoms with Crippen LogP contribution in [0.3, 0.4) is 0 Å². The van der Waals surface area contributed by atoms with Gasteiger partial charge in [-0.15, -0.1) is 0 Å². The Balaban J connectivity index is 2.67. The van der Waals surface area contributed by atoms with Gasteiger partial charge in [-0.25, -0.2) is 4.79 Å². The van der Waals surface area contributed by atoms with Crippen LogP contribution in [-0.2, 0) is 4.74 Å². The number of amides is 1. The van der Waals surface area contributed by atoms with Gasteiger partial charge in [0.2, 0.25) is 0 Å². The van der Waals surface area contributed by atoms with Crippen molar-refractivity contribution in [1.29, 1.82) is 0 Å². The van der Waals surface area contributed by atoms with Crippen LogP contribution in [0.2, 0.25) is 0 Å². The number of carbonyl (C=O) groups excluding carboxylic acids is 2. The lowest BCUT2D eigenvalue weighted by atomic mass is 10.0. The normalized spacial score (nSPS) is 11.3. The van der Waals surface area contributed by atoms with Crippen molar-refractivity contribution in [1.82, 2.24) is 0 Å². The minimum absolute atomic E-state index is 0.0373. The van der Waals surface area contributed by atoms with Gasteiger partial charge in [-0.1, -0.05) is 13.8 Å². The number of nitrogens with one attached hydrogen (secondary N) is 1. The van der Waals surface area contributed by atoms with E-state index in [-0.39, 0.29) is 11.7 Å². The van der Waals surface area contributed by atoms with E-state index in [1.807, 2.05) is 13.8 Å². The standard InChI is InChI=1S/C15H21NO3/c1-10(2)13(17)11-6-8-12(9-7-11)16-14(18)19-15(3,4)5/h6-10H,1-5H3,(H,16,18). The number of benzene rings is 1. The number of hydrogen-bond donors (Lipinski definition) is 1. The Morgan fingerprint density at radius 2 is 1.63 bits per heavy atom. The molecule has 1 amide bonds. The van der Waals surface area contributed by atoms with Crippen LogP contribution in [0.15, 0.2) is 24.3 Å². The van der Waals surface area contributed by atoms with Gasteiger partial charge in [-0.2, -0.15) is 0 Å². The summed E-state index contributed by atoms with van der Waals surface area (Å²) in [5.41, 5.74) is 0.719. The predicted molar refractivity (Wildman–Crippen MR) is 75.5 cm³/mol. The zero-order chi connectivity index (χ0) is 14.6. The van der Waals surface area contributed by atoms with E-state index in [1.165, 1.54) is 0 Å². The van der Waals surface area contributed by atoms with Crippen molar-refractivity contribution in [3.63, 3.8) is 0 Å². The number of carbonyl (C=O) groups is 2. The molecule has 1 aromatic carbocycles. The first-order valence-electron chi connectivity index (χ1n) is 6.33. The second kappa shape index (κ2) is 5.87. The Hall–Kier alpha value is -1.84. The average Bonchev–Trinajstić information content (AvgIpc) is 2.26. The summed E-state index contributed by atoms with van der Waals surface area (Å²) in [6.45, 7) is 9.12. The highest BCUT2D eigenvalue weighted by atomic mass is 16.6. The maximum atomic E-state index is 11.8. The van der Waals surface area contributed by atoms with E-state index in [2.05, 4.69) is 5.32 Å². The lowest BCUT2D eigenvalue weighted by molar-refractivity contribution is 0.0636. The van der Waals surface area contributed by atoms with Gasteiger partial charge in [-0.05, 0) is 45.0 Å². The van der Waals surface area contributed by atoms with Crippen molar-refractivity contribution in [2.24, 2.45) is 5.92 Å². The summed E-state index contributed by atoms with van der Waals surface area (Å²) < 4.78 is 5.14. The Bertz CT molecular complexity index is 455. The summed E-state index contributed by atoms with van der Waals surface area (Å²) in [6.07, 6.45) is -0.504. The third-order valence-corrected chi connectivity index (χ3v) is 2.34. The molecule has 0 spiro atoms. The smallest absolute Gasteiger partial charge is 0.412 e. The fraction of sp³-hybridized carbons (Fsp3) is 0.467. The Morgan fingerprint density at radius 3 is 2.05 bits per heavy atom. The maximum absolute atomic E-state index is 11.8. The lowest BCUT2D eigenvalue weighted by Crippen LogP contribution is -2.27. The third-order valence-electron chi connectivity index (χ3n) is 2.34. The maximum Gasteiger partial charge on any atom is 0.412 e. The molecule has 0 heterocycles. The van der Waals surface area contributed by atoms with E-state index in [0.29, 0.717) is 11.3 Å². The third kappa shape index (κ3) is 5.12. The topological polar surface area (TPSA) is 55.4 Å². The second-order valence-electron chi connectivity index (χ2n) is 5.72. The largest absolute Gasteiger partial charge is 0.444 e. The summed E-state index contributed by atoms with van der Waals surface area (Å²) in [4.78, 5) is 23.3. The van der Waals surface area contributed by atoms with Crippen LogP contribution in [0.5, 0.6) is 0 Å². The van der Waals surface area contributed by atoms with Gasteiger partial charge in [0.25, 0.3) is 0 Å². The molecule has 0 saturated carbocycles. The average molecular weight is 263 g/mol. The van der Waals surface area contributed by atoms with Crippen molar-refractivity contribution in [2.45, 2.75) is 40.2 Å². The Labute approximate surface area is 114 Å². The summed E-state index contributed by atoms with van der Waals surface area (Å²) in [5.74, 6) is 0.0495. The van der Waals surface area contributed by atoms with Crippen LogP contribution >= 0.6 is 0 Å². The zero-order valence-electron chi connectivity index (χ0n) is 12.1. The van der Waals surface area contributed by atoms with Gasteiger partial charge in [0.1, 0.15) is 5.60 Å². The quantitative estimate of drug-likeness (QED) is 0.842. The Morgan fingerprint density at radius 1 is 1.11 bits per heavy atom. The molecule has 0 aliphatic heterocycles. The van der Waals surface area contributed by atoms with E-state index in [4.69, 9.17) is 4.74 Å². The van der Waals surface area contributed by atoms with Crippen molar-refractivity contribution >= 4 is 17.6 Å². The summed E-state index contributed by atoms with van der Waals surface area (Å²) >= 11 is 0. The monoisotopic (exact) mass is 263 g/mol. The van der Waals surface area contributed by atoms with Crippen LogP contribution in [0.25, 0.3) is 0 Å². The minimum atomic E-state index is -0.530. The molecule has 0 aliphatic rings. The van der Waals surface area contributed by atoms with E-state index < -0.39 is 11.7 Å². The number of hydrogen-bond acceptors (Lipinski definition) is 3. The fourth-order valence-corrected chi connectivity index (χ4v) is 1.47. The van der Waals surface area contributed by atoms with Crippen LogP contribution in [0, 0.1) is 5.92 Å². The molecule has 0 fully saturated rings. The van der Waals surface area contributed by atoms with Crippen molar-refractivity contribution in [3.05, 3.63) is 29.8 Å². The molecule has 0 aliphatic carbocycles. The molecule has 0 bridgehead atoms. The van der Waals surface area contributed by atoms with Gasteiger partial charge in [0.15, 0.2) is 5.78 Å². The molecule has 1 N–H and O–H groups in total. The molecule has 1 rings (SSSR count). The van der Waals surface area contributed by atoms with E-state index >= 15 is 0 Å². The lowest BCUT2D eigenvalue weighted by Gasteiger charge is -2.19. The molecule has 0 saturated heterocycles. The number of anilines is 1. The minimum Gasteiger partial charge on any atom is -0.444 e. The molecule has 1 aromatic rings. The Kier molecular flexibility index (Phi) is 4.70. The van der Waals surface area contributed by atoms with Gasteiger partial charge in [-0.3, -0.25) is 10.1 Å². The van der Waals surface area contributed by atoms with Crippen molar-refractivity contribution < 1.29 is 14.3 Å². The van der Waals surface area contributed by atoms with E-state index in [1.54, 1.807) is 45.0 Å². The number of Topliss-reactive ketones (excluding diaryl/α,β-unsaturated/α-hetero) is 1. The highest BCUT2D eigenvalue weighted by Gasteiger charge is 2.16. The molecule has 0 atom stereocenters. The fourth-order valence-electron chi connectivity index (χ4n) is 1.47. The number of rotatable bonds is 3. The summed E-state index contributed by atoms with van der Waals surface area (Å²) in [7, 11) is 0. The van der Waals surface area contributed by atoms with Crippen molar-refractivity contribution in [2.75, 3.05) is 5.32 Å². The highest BCUT2D eigenvalue weighted by molar-refractivity contribution is 5.98. The molecule has 0 unspecified atom stereocenters. The molecule has 4 nitrogen and oxygen atoms in total. The second-order valence-corrected chi connectivity index (χ2v) is 5.72. The van der Waals surface area contributed by atoms with E-state index in [0.717, 1.165) is 0 Å². The molecule has 0 radical (unpaired) electrons. The molecule has 104 valence electrons. The highest BCUT2D eigenvalue weighted by Crippen LogP contribution is 2.15. The van der Waals surface area contributed by atoms with Crippen LogP contribution in [-0.4, -0.2) is 17.5 Å². The van der Waals surface area contributed by atoms with Gasteiger partial charge >= 0.3 is 6.09 Å². The van der Waals surface area contributed by atoms with Crippen LogP contribution in [0.4, 0.5) is 10.5 Å². The number of ketones is 1. The SMILES string of the molecule is CC(C)C(=O)c1ccc(NC(=O)OC(C)(C)C)cc1. The predicted octanol–water partition coefficient (Wildman–Crippen LogP) is 3.87. The van der Waals surface area contributed by atoms with Gasteiger partial charge < -0.3 is 4.74 Å². The van der Waals surface area contributed by atoms with Crippen LogP contribution < -0.4 is 5.32 Å². The summed E-state index contributed by atoms with van der Waals surface area (Å²) in [6, 6.07) is 6.79. The molecule has 0 aromatic heterocycles. The first-order chi connectivity index (χ1) is 8.69. The first-order valence-corrected chi connectivity index (χ1v) is 6.33. The zero-order valence-corrected chi connectivity index (χ0v) is 12.1. The molecular formula is C15H21NO3. The van der Waals surface area contributed by atoms with Gasteiger partial charge in [0, 0.05) is 17.2 Å². The van der Waals surface area contributed by atoms with E-state index in [9.17, 15) is 9.59 Å². The summed E-state index contributed by atoms with van der Waals surface area (Å²) in [5, 5.41) is 2.62. The van der Waals surface area contributed by atoms with Crippen LogP contribution in [0.1, 0.15) is 45.0 Å².